The molecule has 42 heavy (non-hydrogen) atoms. The highest BCUT2D eigenvalue weighted by molar-refractivity contribution is 5.93. The van der Waals surface area contributed by atoms with Crippen LogP contribution in [0.3, 0.4) is 0 Å². The number of hydrogen-bond acceptors (Lipinski definition) is 5. The summed E-state index contributed by atoms with van der Waals surface area (Å²) in [4.78, 5) is 32.8. The highest BCUT2D eigenvalue weighted by atomic mass is 16.1. The molecule has 212 valence electrons. The van der Waals surface area contributed by atoms with Crippen LogP contribution in [0.2, 0.25) is 0 Å². The number of imidazole rings is 1. The van der Waals surface area contributed by atoms with E-state index in [2.05, 4.69) is 68.0 Å². The molecule has 1 saturated heterocycles. The molecule has 7 heteroatoms. The van der Waals surface area contributed by atoms with Gasteiger partial charge in [0.05, 0.1) is 22.1 Å². The molecular weight excluding hydrogens is 520 g/mol. The minimum atomic E-state index is -0.130. The molecule has 0 bridgehead atoms. The van der Waals surface area contributed by atoms with E-state index in [1.165, 1.54) is 32.4 Å². The molecule has 0 saturated carbocycles. The maximum absolute atomic E-state index is 13.0. The molecule has 2 aliphatic rings. The molecule has 4 heterocycles. The number of H-pyrrole nitrogens is 1. The van der Waals surface area contributed by atoms with E-state index in [4.69, 9.17) is 9.97 Å². The number of likely N-dealkylation sites (tertiary alicyclic amines) is 1. The number of nitrogens with one attached hydrogen (secondary N) is 1. The maximum atomic E-state index is 13.0. The molecule has 1 aliphatic carbocycles. The Labute approximate surface area is 245 Å². The van der Waals surface area contributed by atoms with Crippen molar-refractivity contribution in [2.75, 3.05) is 19.6 Å². The highest BCUT2D eigenvalue weighted by Crippen LogP contribution is 2.30. The summed E-state index contributed by atoms with van der Waals surface area (Å²) in [6, 6.07) is 16.8. The molecule has 0 unspecified atom stereocenters. The van der Waals surface area contributed by atoms with Gasteiger partial charge in [-0.05, 0) is 92.7 Å². The van der Waals surface area contributed by atoms with Crippen molar-refractivity contribution in [2.24, 2.45) is 0 Å². The van der Waals surface area contributed by atoms with Crippen LogP contribution in [-0.4, -0.2) is 49.0 Å². The first-order valence-corrected chi connectivity index (χ1v) is 15.2. The van der Waals surface area contributed by atoms with E-state index in [0.717, 1.165) is 82.5 Å². The third-order valence-electron chi connectivity index (χ3n) is 8.54. The fourth-order valence-corrected chi connectivity index (χ4v) is 6.29. The number of benzene rings is 2. The Morgan fingerprint density at radius 2 is 1.60 bits per heavy atom. The molecule has 2 aromatic carbocycles. The quantitative estimate of drug-likeness (QED) is 0.230. The van der Waals surface area contributed by atoms with Crippen molar-refractivity contribution in [3.8, 4) is 22.5 Å². The molecule has 1 fully saturated rings. The summed E-state index contributed by atoms with van der Waals surface area (Å²) >= 11 is 0. The first-order valence-electron chi connectivity index (χ1n) is 15.2. The second-order valence-electron chi connectivity index (χ2n) is 11.5. The highest BCUT2D eigenvalue weighted by Gasteiger charge is 2.17. The predicted octanol–water partition coefficient (Wildman–Crippen LogP) is 6.70. The zero-order chi connectivity index (χ0) is 28.3. The van der Waals surface area contributed by atoms with Crippen LogP contribution in [-0.2, 0) is 13.0 Å². The standard InChI is InChI=1S/C35H36N6O/c42-35-32(22-25-8-3-1-4-9-25)37-30-24-33-31(23-29(30)39-35)38-34(41(33)21-7-20-40-18-5-2-6-19-40)28-12-10-26(11-13-28)27-14-16-36-17-15-27/h3,8-17,23-24H,1-2,4-7,18-22H2,(H,39,42). The summed E-state index contributed by atoms with van der Waals surface area (Å²) in [6.45, 7) is 4.36. The van der Waals surface area contributed by atoms with Gasteiger partial charge in [-0.1, -0.05) is 48.9 Å². The zero-order valence-electron chi connectivity index (χ0n) is 23.9. The zero-order valence-corrected chi connectivity index (χ0v) is 23.9. The van der Waals surface area contributed by atoms with Crippen molar-refractivity contribution < 1.29 is 0 Å². The van der Waals surface area contributed by atoms with E-state index >= 15 is 0 Å². The molecule has 0 spiro atoms. The van der Waals surface area contributed by atoms with Gasteiger partial charge in [0, 0.05) is 30.9 Å². The Balaban J connectivity index is 1.27. The van der Waals surface area contributed by atoms with Crippen LogP contribution in [0.25, 0.3) is 44.6 Å². The van der Waals surface area contributed by atoms with Gasteiger partial charge in [0.25, 0.3) is 5.56 Å². The number of piperidine rings is 1. The lowest BCUT2D eigenvalue weighted by Crippen LogP contribution is -2.31. The number of pyridine rings is 1. The second kappa shape index (κ2) is 11.9. The van der Waals surface area contributed by atoms with E-state index in [1.54, 1.807) is 0 Å². The first kappa shape index (κ1) is 26.5. The van der Waals surface area contributed by atoms with E-state index in [0.29, 0.717) is 12.1 Å². The summed E-state index contributed by atoms with van der Waals surface area (Å²) in [6.07, 6.45) is 17.7. The Bertz CT molecular complexity index is 1830. The number of allylic oxidation sites excluding steroid dienone is 4. The van der Waals surface area contributed by atoms with Crippen molar-refractivity contribution >= 4 is 22.1 Å². The maximum Gasteiger partial charge on any atom is 0.270 e. The van der Waals surface area contributed by atoms with Gasteiger partial charge in [-0.15, -0.1) is 0 Å². The number of aromatic amines is 1. The van der Waals surface area contributed by atoms with Gasteiger partial charge < -0.3 is 14.5 Å². The first-order chi connectivity index (χ1) is 20.7. The molecule has 5 aromatic rings. The molecule has 1 N–H and O–H groups in total. The van der Waals surface area contributed by atoms with Crippen molar-refractivity contribution in [3.05, 3.63) is 101 Å². The minimum Gasteiger partial charge on any atom is -0.324 e. The average molecular weight is 557 g/mol. The number of nitrogens with zero attached hydrogens (tertiary/aromatic N) is 5. The molecule has 7 rings (SSSR count). The van der Waals surface area contributed by atoms with Crippen LogP contribution < -0.4 is 5.56 Å². The van der Waals surface area contributed by atoms with Crippen LogP contribution in [0, 0.1) is 0 Å². The summed E-state index contributed by atoms with van der Waals surface area (Å²) in [5, 5.41) is 0. The van der Waals surface area contributed by atoms with Gasteiger partial charge in [-0.3, -0.25) is 9.78 Å². The smallest absolute Gasteiger partial charge is 0.270 e. The van der Waals surface area contributed by atoms with Gasteiger partial charge in [-0.25, -0.2) is 9.97 Å². The predicted molar refractivity (Wildman–Crippen MR) is 169 cm³/mol. The van der Waals surface area contributed by atoms with E-state index in [1.807, 2.05) is 30.6 Å². The number of fused-ring (bicyclic) bond motifs is 2. The number of rotatable bonds is 8. The Kier molecular flexibility index (Phi) is 7.49. The van der Waals surface area contributed by atoms with E-state index in [-0.39, 0.29) is 5.56 Å². The molecule has 7 nitrogen and oxygen atoms in total. The Hall–Kier alpha value is -4.36. The monoisotopic (exact) mass is 556 g/mol. The summed E-state index contributed by atoms with van der Waals surface area (Å²) in [7, 11) is 0. The molecule has 0 radical (unpaired) electrons. The summed E-state index contributed by atoms with van der Waals surface area (Å²) in [5.74, 6) is 0.945. The molecule has 0 atom stereocenters. The van der Waals surface area contributed by atoms with Crippen molar-refractivity contribution in [3.63, 3.8) is 0 Å². The summed E-state index contributed by atoms with van der Waals surface area (Å²) in [5.41, 5.74) is 8.39. The Morgan fingerprint density at radius 1 is 0.810 bits per heavy atom. The third-order valence-corrected chi connectivity index (χ3v) is 8.54. The van der Waals surface area contributed by atoms with Crippen molar-refractivity contribution in [2.45, 2.75) is 51.5 Å². The van der Waals surface area contributed by atoms with Gasteiger partial charge in [0.2, 0.25) is 0 Å². The van der Waals surface area contributed by atoms with Gasteiger partial charge in [-0.2, -0.15) is 0 Å². The lowest BCUT2D eigenvalue weighted by Gasteiger charge is -2.26. The van der Waals surface area contributed by atoms with Crippen LogP contribution >= 0.6 is 0 Å². The lowest BCUT2D eigenvalue weighted by molar-refractivity contribution is 0.223. The average Bonchev–Trinajstić information content (AvgIpc) is 3.39. The molecule has 3 aromatic heterocycles. The largest absolute Gasteiger partial charge is 0.324 e. The lowest BCUT2D eigenvalue weighted by atomic mass is 10.0. The topological polar surface area (TPSA) is 79.7 Å². The number of hydrogen-bond donors (Lipinski definition) is 1. The third kappa shape index (κ3) is 5.57. The summed E-state index contributed by atoms with van der Waals surface area (Å²) < 4.78 is 2.35. The SMILES string of the molecule is O=c1[nH]c2cc3nc(-c4ccc(-c5ccncc5)cc4)n(CCCN4CCCCC4)c3cc2nc1CC1=CCCC=C1. The van der Waals surface area contributed by atoms with Crippen LogP contribution in [0.5, 0.6) is 0 Å². The van der Waals surface area contributed by atoms with E-state index in [9.17, 15) is 4.79 Å². The molecule has 0 amide bonds. The Morgan fingerprint density at radius 3 is 2.38 bits per heavy atom. The number of aryl methyl sites for hydroxylation is 1. The van der Waals surface area contributed by atoms with Crippen LogP contribution in [0.4, 0.5) is 0 Å². The number of aromatic nitrogens is 5. The fraction of sp³-hybridized carbons (Fsp3) is 0.314. The van der Waals surface area contributed by atoms with Gasteiger partial charge in [0.1, 0.15) is 11.5 Å². The van der Waals surface area contributed by atoms with Gasteiger partial charge in [0.15, 0.2) is 0 Å². The second-order valence-corrected chi connectivity index (χ2v) is 11.5. The normalized spacial score (nSPS) is 15.9. The van der Waals surface area contributed by atoms with Crippen LogP contribution in [0.1, 0.15) is 44.2 Å². The minimum absolute atomic E-state index is 0.130. The van der Waals surface area contributed by atoms with E-state index < -0.39 is 0 Å². The molecule has 1 aliphatic heterocycles. The van der Waals surface area contributed by atoms with Gasteiger partial charge >= 0.3 is 0 Å². The van der Waals surface area contributed by atoms with Crippen molar-refractivity contribution in [1.29, 1.82) is 0 Å². The van der Waals surface area contributed by atoms with Crippen LogP contribution in [0.15, 0.2) is 89.5 Å². The molecular formula is C35H36N6O. The fourth-order valence-electron chi connectivity index (χ4n) is 6.29. The van der Waals surface area contributed by atoms with Crippen molar-refractivity contribution in [1.82, 2.24) is 29.4 Å².